The number of fused-ring (bicyclic) bond motifs is 1. The summed E-state index contributed by atoms with van der Waals surface area (Å²) in [7, 11) is 0. The van der Waals surface area contributed by atoms with Crippen molar-refractivity contribution in [2.75, 3.05) is 18.0 Å². The van der Waals surface area contributed by atoms with Crippen molar-refractivity contribution in [1.29, 1.82) is 0 Å². The summed E-state index contributed by atoms with van der Waals surface area (Å²) in [5.41, 5.74) is 1.28. The highest BCUT2D eigenvalue weighted by Crippen LogP contribution is 2.35. The summed E-state index contributed by atoms with van der Waals surface area (Å²) in [5, 5.41) is 0. The summed E-state index contributed by atoms with van der Waals surface area (Å²) in [5.74, 6) is 3.72. The van der Waals surface area contributed by atoms with E-state index in [1.807, 2.05) is 13.1 Å². The van der Waals surface area contributed by atoms with Crippen LogP contribution < -0.4 is 4.90 Å². The van der Waals surface area contributed by atoms with Crippen LogP contribution >= 0.6 is 0 Å². The highest BCUT2D eigenvalue weighted by atomic mass is 15.2. The Kier molecular flexibility index (Phi) is 3.06. The maximum atomic E-state index is 4.68. The molecule has 0 spiro atoms. The van der Waals surface area contributed by atoms with Crippen LogP contribution in [0.15, 0.2) is 18.3 Å². The molecular formula is C15H21N3. The number of hydrogen-bond donors (Lipinski definition) is 0. The molecule has 0 saturated carbocycles. The van der Waals surface area contributed by atoms with Crippen LogP contribution in [0.25, 0.3) is 0 Å². The van der Waals surface area contributed by atoms with Crippen LogP contribution in [-0.2, 0) is 6.42 Å². The van der Waals surface area contributed by atoms with E-state index in [4.69, 9.17) is 0 Å². The van der Waals surface area contributed by atoms with E-state index in [9.17, 15) is 0 Å². The molecule has 3 rings (SSSR count). The van der Waals surface area contributed by atoms with Gasteiger partial charge in [0.25, 0.3) is 0 Å². The van der Waals surface area contributed by atoms with Crippen molar-refractivity contribution in [3.8, 4) is 0 Å². The zero-order valence-corrected chi connectivity index (χ0v) is 11.3. The van der Waals surface area contributed by atoms with Crippen LogP contribution in [0.1, 0.15) is 31.2 Å². The van der Waals surface area contributed by atoms with E-state index >= 15 is 0 Å². The lowest BCUT2D eigenvalue weighted by molar-refractivity contribution is 0.411. The Morgan fingerprint density at radius 3 is 2.50 bits per heavy atom. The average Bonchev–Trinajstić information content (AvgIpc) is 2.82. The Hall–Kier alpha value is -1.38. The van der Waals surface area contributed by atoms with E-state index in [0.29, 0.717) is 0 Å². The summed E-state index contributed by atoms with van der Waals surface area (Å²) < 4.78 is 0. The Morgan fingerprint density at radius 1 is 1.22 bits per heavy atom. The third kappa shape index (κ3) is 2.02. The summed E-state index contributed by atoms with van der Waals surface area (Å²) in [6, 6.07) is 0. The molecule has 0 radical (unpaired) electrons. The van der Waals surface area contributed by atoms with Crippen LogP contribution in [0.2, 0.25) is 0 Å². The molecule has 3 heteroatoms. The number of rotatable bonds is 2. The summed E-state index contributed by atoms with van der Waals surface area (Å²) in [6.45, 7) is 6.49. The molecule has 0 unspecified atom stereocenters. The first-order valence-corrected chi connectivity index (χ1v) is 7.00. The van der Waals surface area contributed by atoms with Crippen molar-refractivity contribution in [3.63, 3.8) is 0 Å². The minimum absolute atomic E-state index is 0.829. The Bertz CT molecular complexity index is 451. The first-order valence-electron chi connectivity index (χ1n) is 7.00. The smallest absolute Gasteiger partial charge is 0.135 e. The second kappa shape index (κ2) is 4.71. The van der Waals surface area contributed by atoms with Crippen molar-refractivity contribution < 1.29 is 0 Å². The van der Waals surface area contributed by atoms with Gasteiger partial charge in [0.05, 0.1) is 0 Å². The van der Waals surface area contributed by atoms with Gasteiger partial charge in [0.1, 0.15) is 11.6 Å². The highest BCUT2D eigenvalue weighted by molar-refractivity contribution is 5.47. The van der Waals surface area contributed by atoms with Crippen molar-refractivity contribution in [1.82, 2.24) is 9.97 Å². The highest BCUT2D eigenvalue weighted by Gasteiger charge is 2.34. The number of hydrogen-bond acceptors (Lipinski definition) is 3. The fraction of sp³-hybridized carbons (Fsp3) is 0.600. The SMILES string of the molecule is CCc1cnc(C)nc1N1C[C@H]2CC=CC[C@H]2C1. The van der Waals surface area contributed by atoms with Crippen LogP contribution in [0.3, 0.4) is 0 Å². The average molecular weight is 243 g/mol. The topological polar surface area (TPSA) is 29.0 Å². The first kappa shape index (κ1) is 11.7. The summed E-state index contributed by atoms with van der Waals surface area (Å²) in [6.07, 6.45) is 10.2. The molecule has 96 valence electrons. The van der Waals surface area contributed by atoms with Gasteiger partial charge in [-0.3, -0.25) is 0 Å². The molecule has 18 heavy (non-hydrogen) atoms. The lowest BCUT2D eigenvalue weighted by atomic mass is 9.86. The van der Waals surface area contributed by atoms with E-state index < -0.39 is 0 Å². The van der Waals surface area contributed by atoms with E-state index in [1.165, 1.54) is 37.3 Å². The molecule has 1 aromatic heterocycles. The lowest BCUT2D eigenvalue weighted by Crippen LogP contribution is -2.23. The molecule has 0 bridgehead atoms. The zero-order valence-electron chi connectivity index (χ0n) is 11.3. The Labute approximate surface area is 109 Å². The van der Waals surface area contributed by atoms with Gasteiger partial charge in [-0.15, -0.1) is 0 Å². The molecule has 0 aromatic carbocycles. The van der Waals surface area contributed by atoms with Gasteiger partial charge in [0.15, 0.2) is 0 Å². The van der Waals surface area contributed by atoms with Gasteiger partial charge < -0.3 is 4.90 Å². The molecule has 1 saturated heterocycles. The quantitative estimate of drug-likeness (QED) is 0.748. The lowest BCUT2D eigenvalue weighted by Gasteiger charge is -2.20. The summed E-state index contributed by atoms with van der Waals surface area (Å²) in [4.78, 5) is 11.5. The predicted molar refractivity (Wildman–Crippen MR) is 73.7 cm³/mol. The van der Waals surface area contributed by atoms with Crippen LogP contribution in [0.4, 0.5) is 5.82 Å². The number of aryl methyl sites for hydroxylation is 2. The van der Waals surface area contributed by atoms with Gasteiger partial charge in [0.2, 0.25) is 0 Å². The molecule has 1 aromatic rings. The summed E-state index contributed by atoms with van der Waals surface area (Å²) >= 11 is 0. The molecule has 0 N–H and O–H groups in total. The van der Waals surface area contributed by atoms with E-state index in [0.717, 1.165) is 24.1 Å². The normalized spacial score (nSPS) is 26.4. The maximum Gasteiger partial charge on any atom is 0.135 e. The monoisotopic (exact) mass is 243 g/mol. The van der Waals surface area contributed by atoms with Crippen LogP contribution in [-0.4, -0.2) is 23.1 Å². The third-order valence-electron chi connectivity index (χ3n) is 4.26. The first-order chi connectivity index (χ1) is 8.78. The Morgan fingerprint density at radius 2 is 1.89 bits per heavy atom. The number of allylic oxidation sites excluding steroid dienone is 2. The molecule has 1 aliphatic carbocycles. The third-order valence-corrected chi connectivity index (χ3v) is 4.26. The molecule has 3 nitrogen and oxygen atoms in total. The second-order valence-electron chi connectivity index (χ2n) is 5.49. The van der Waals surface area contributed by atoms with Crippen molar-refractivity contribution in [3.05, 3.63) is 29.7 Å². The van der Waals surface area contributed by atoms with Gasteiger partial charge in [0, 0.05) is 24.8 Å². The molecule has 1 fully saturated rings. The van der Waals surface area contributed by atoms with Gasteiger partial charge >= 0.3 is 0 Å². The van der Waals surface area contributed by atoms with Crippen molar-refractivity contribution in [2.24, 2.45) is 11.8 Å². The Balaban J connectivity index is 1.86. The van der Waals surface area contributed by atoms with Gasteiger partial charge in [-0.25, -0.2) is 9.97 Å². The van der Waals surface area contributed by atoms with E-state index in [1.54, 1.807) is 0 Å². The molecule has 2 aliphatic rings. The van der Waals surface area contributed by atoms with E-state index in [-0.39, 0.29) is 0 Å². The zero-order chi connectivity index (χ0) is 12.5. The number of anilines is 1. The molecule has 2 heterocycles. The van der Waals surface area contributed by atoms with Crippen molar-refractivity contribution >= 4 is 5.82 Å². The fourth-order valence-electron chi connectivity index (χ4n) is 3.19. The molecular weight excluding hydrogens is 222 g/mol. The maximum absolute atomic E-state index is 4.68. The largest absolute Gasteiger partial charge is 0.356 e. The number of nitrogens with zero attached hydrogens (tertiary/aromatic N) is 3. The minimum Gasteiger partial charge on any atom is -0.356 e. The standard InChI is InChI=1S/C15H21N3/c1-3-12-8-16-11(2)17-15(12)18-9-13-6-4-5-7-14(13)10-18/h4-5,8,13-14H,3,6-7,9-10H2,1-2H3/t13-,14+. The molecule has 2 atom stereocenters. The predicted octanol–water partition coefficient (Wildman–Crippen LogP) is 2.75. The molecule has 1 aliphatic heterocycles. The number of aromatic nitrogens is 2. The van der Waals surface area contributed by atoms with Gasteiger partial charge in [-0.05, 0) is 38.0 Å². The second-order valence-corrected chi connectivity index (χ2v) is 5.49. The van der Waals surface area contributed by atoms with Crippen LogP contribution in [0.5, 0.6) is 0 Å². The molecule has 0 amide bonds. The fourth-order valence-corrected chi connectivity index (χ4v) is 3.19. The van der Waals surface area contributed by atoms with Crippen LogP contribution in [0, 0.1) is 18.8 Å². The van der Waals surface area contributed by atoms with Gasteiger partial charge in [-0.1, -0.05) is 19.1 Å². The van der Waals surface area contributed by atoms with Gasteiger partial charge in [-0.2, -0.15) is 0 Å². The van der Waals surface area contributed by atoms with Crippen molar-refractivity contribution in [2.45, 2.75) is 33.1 Å². The van der Waals surface area contributed by atoms with E-state index in [2.05, 4.69) is 33.9 Å². The minimum atomic E-state index is 0.829.